The van der Waals surface area contributed by atoms with Crippen molar-refractivity contribution in [3.63, 3.8) is 0 Å². The molecular weight excluding hydrogens is 274 g/mol. The summed E-state index contributed by atoms with van der Waals surface area (Å²) in [5.74, 6) is 1.20. The molecule has 3 rings (SSSR count). The van der Waals surface area contributed by atoms with Crippen molar-refractivity contribution in [1.29, 1.82) is 0 Å². The first kappa shape index (κ1) is 13.1. The van der Waals surface area contributed by atoms with Gasteiger partial charge in [0.2, 0.25) is 5.95 Å². The third-order valence-electron chi connectivity index (χ3n) is 3.38. The lowest BCUT2D eigenvalue weighted by molar-refractivity contribution is 0.738. The quantitative estimate of drug-likeness (QED) is 0.900. The maximum Gasteiger partial charge on any atom is 0.244 e. The van der Waals surface area contributed by atoms with Crippen molar-refractivity contribution < 1.29 is 0 Å². The van der Waals surface area contributed by atoms with Crippen molar-refractivity contribution >= 4 is 29.1 Å². The number of hydrogen-bond acceptors (Lipinski definition) is 5. The summed E-state index contributed by atoms with van der Waals surface area (Å²) >= 11 is 6.11. The van der Waals surface area contributed by atoms with Gasteiger partial charge in [0.25, 0.3) is 0 Å². The number of hydrogen-bond donors (Lipinski definition) is 2. The predicted molar refractivity (Wildman–Crippen MR) is 80.4 cm³/mol. The average molecular weight is 290 g/mol. The molecule has 20 heavy (non-hydrogen) atoms. The molecule has 1 aromatic carbocycles. The van der Waals surface area contributed by atoms with E-state index in [1.54, 1.807) is 6.20 Å². The van der Waals surface area contributed by atoms with Crippen molar-refractivity contribution in [1.82, 2.24) is 15.2 Å². The van der Waals surface area contributed by atoms with E-state index < -0.39 is 0 Å². The Labute approximate surface area is 122 Å². The average Bonchev–Trinajstić information content (AvgIpc) is 2.95. The number of nitrogens with one attached hydrogen (secondary N) is 2. The second kappa shape index (κ2) is 6.05. The van der Waals surface area contributed by atoms with Gasteiger partial charge in [-0.1, -0.05) is 36.6 Å². The minimum Gasteiger partial charge on any atom is -0.350 e. The third-order valence-corrected chi connectivity index (χ3v) is 3.71. The third kappa shape index (κ3) is 3.17. The Balaban J connectivity index is 1.72. The van der Waals surface area contributed by atoms with Gasteiger partial charge >= 0.3 is 0 Å². The molecule has 1 aliphatic carbocycles. The predicted octanol–water partition coefficient (Wildman–Crippen LogP) is 3.62. The minimum absolute atomic E-state index is 0.465. The van der Waals surface area contributed by atoms with Crippen molar-refractivity contribution in [2.45, 2.75) is 31.7 Å². The van der Waals surface area contributed by atoms with Crippen LogP contribution in [0.2, 0.25) is 5.02 Å². The first-order chi connectivity index (χ1) is 9.81. The largest absolute Gasteiger partial charge is 0.350 e. The van der Waals surface area contributed by atoms with Crippen LogP contribution in [-0.4, -0.2) is 21.2 Å². The Morgan fingerprint density at radius 3 is 2.75 bits per heavy atom. The maximum atomic E-state index is 6.11. The number of para-hydroxylation sites is 1. The fourth-order valence-corrected chi connectivity index (χ4v) is 2.56. The fourth-order valence-electron chi connectivity index (χ4n) is 2.38. The van der Waals surface area contributed by atoms with Gasteiger partial charge in [0.05, 0.1) is 16.9 Å². The highest BCUT2D eigenvalue weighted by Gasteiger charge is 2.15. The van der Waals surface area contributed by atoms with Crippen LogP contribution < -0.4 is 10.6 Å². The molecule has 1 heterocycles. The van der Waals surface area contributed by atoms with Crippen molar-refractivity contribution in [2.24, 2.45) is 0 Å². The number of rotatable bonds is 4. The minimum atomic E-state index is 0.465. The molecule has 0 spiro atoms. The lowest BCUT2D eigenvalue weighted by Gasteiger charge is -2.12. The van der Waals surface area contributed by atoms with Gasteiger partial charge in [-0.25, -0.2) is 0 Å². The molecule has 1 fully saturated rings. The molecular formula is C14H16ClN5. The van der Waals surface area contributed by atoms with Crippen LogP contribution in [0.3, 0.4) is 0 Å². The summed E-state index contributed by atoms with van der Waals surface area (Å²) in [6.45, 7) is 0. The van der Waals surface area contributed by atoms with Gasteiger partial charge in [0.1, 0.15) is 0 Å². The highest BCUT2D eigenvalue weighted by atomic mass is 35.5. The van der Waals surface area contributed by atoms with Crippen LogP contribution >= 0.6 is 11.6 Å². The number of halogens is 1. The molecule has 2 aromatic rings. The van der Waals surface area contributed by atoms with E-state index >= 15 is 0 Å². The van der Waals surface area contributed by atoms with E-state index in [-0.39, 0.29) is 0 Å². The van der Waals surface area contributed by atoms with E-state index in [4.69, 9.17) is 11.6 Å². The van der Waals surface area contributed by atoms with Gasteiger partial charge in [-0.3, -0.25) is 0 Å². The summed E-state index contributed by atoms with van der Waals surface area (Å²) in [5, 5.41) is 15.1. The van der Waals surface area contributed by atoms with Crippen LogP contribution in [-0.2, 0) is 0 Å². The molecule has 0 amide bonds. The van der Waals surface area contributed by atoms with E-state index in [1.165, 1.54) is 25.7 Å². The van der Waals surface area contributed by atoms with Crippen LogP contribution in [0.4, 0.5) is 17.5 Å². The van der Waals surface area contributed by atoms with Gasteiger partial charge in [-0.05, 0) is 25.0 Å². The van der Waals surface area contributed by atoms with Crippen LogP contribution in [0.25, 0.3) is 0 Å². The standard InChI is InChI=1S/C14H16ClN5/c15-11-7-3-4-8-12(11)18-13-9-16-20-14(19-13)17-10-5-1-2-6-10/h3-4,7-10H,1-2,5-6H2,(H2,17,18,19,20). The molecule has 104 valence electrons. The van der Waals surface area contributed by atoms with E-state index in [0.717, 1.165) is 5.69 Å². The van der Waals surface area contributed by atoms with E-state index in [2.05, 4.69) is 25.8 Å². The molecule has 0 saturated heterocycles. The van der Waals surface area contributed by atoms with Crippen LogP contribution in [0, 0.1) is 0 Å². The Morgan fingerprint density at radius 2 is 1.95 bits per heavy atom. The van der Waals surface area contributed by atoms with Gasteiger partial charge in [-0.2, -0.15) is 10.1 Å². The van der Waals surface area contributed by atoms with Crippen molar-refractivity contribution in [2.75, 3.05) is 10.6 Å². The molecule has 0 atom stereocenters. The first-order valence-corrected chi connectivity index (χ1v) is 7.17. The molecule has 0 aliphatic heterocycles. The van der Waals surface area contributed by atoms with E-state index in [1.807, 2.05) is 24.3 Å². The van der Waals surface area contributed by atoms with Crippen molar-refractivity contribution in [3.8, 4) is 0 Å². The molecule has 1 aromatic heterocycles. The van der Waals surface area contributed by atoms with E-state index in [9.17, 15) is 0 Å². The summed E-state index contributed by atoms with van der Waals surface area (Å²) < 4.78 is 0. The molecule has 0 radical (unpaired) electrons. The highest BCUT2D eigenvalue weighted by molar-refractivity contribution is 6.33. The highest BCUT2D eigenvalue weighted by Crippen LogP contribution is 2.24. The smallest absolute Gasteiger partial charge is 0.244 e. The van der Waals surface area contributed by atoms with Crippen molar-refractivity contribution in [3.05, 3.63) is 35.5 Å². The fraction of sp³-hybridized carbons (Fsp3) is 0.357. The molecule has 2 N–H and O–H groups in total. The molecule has 6 heteroatoms. The summed E-state index contributed by atoms with van der Waals surface area (Å²) in [6.07, 6.45) is 6.46. The first-order valence-electron chi connectivity index (χ1n) is 6.79. The second-order valence-corrected chi connectivity index (χ2v) is 5.30. The summed E-state index contributed by atoms with van der Waals surface area (Å²) in [6, 6.07) is 8.00. The molecule has 1 aliphatic rings. The summed E-state index contributed by atoms with van der Waals surface area (Å²) in [4.78, 5) is 4.42. The van der Waals surface area contributed by atoms with Gasteiger partial charge in [0, 0.05) is 6.04 Å². The number of nitrogens with zero attached hydrogens (tertiary/aromatic N) is 3. The molecule has 0 unspecified atom stereocenters. The van der Waals surface area contributed by atoms with E-state index in [0.29, 0.717) is 22.8 Å². The lowest BCUT2D eigenvalue weighted by Crippen LogP contribution is -2.17. The number of benzene rings is 1. The topological polar surface area (TPSA) is 62.7 Å². The monoisotopic (exact) mass is 289 g/mol. The van der Waals surface area contributed by atoms with Gasteiger partial charge in [-0.15, -0.1) is 5.10 Å². The summed E-state index contributed by atoms with van der Waals surface area (Å²) in [5.41, 5.74) is 0.807. The Morgan fingerprint density at radius 1 is 1.15 bits per heavy atom. The number of aromatic nitrogens is 3. The number of anilines is 3. The zero-order valence-electron chi connectivity index (χ0n) is 11.0. The molecule has 5 nitrogen and oxygen atoms in total. The zero-order chi connectivity index (χ0) is 13.8. The normalized spacial score (nSPS) is 15.2. The van der Waals surface area contributed by atoms with Gasteiger partial charge in [0.15, 0.2) is 5.82 Å². The van der Waals surface area contributed by atoms with Crippen LogP contribution in [0.15, 0.2) is 30.5 Å². The molecule has 0 bridgehead atoms. The maximum absolute atomic E-state index is 6.11. The lowest BCUT2D eigenvalue weighted by atomic mass is 10.3. The van der Waals surface area contributed by atoms with Crippen LogP contribution in [0.5, 0.6) is 0 Å². The van der Waals surface area contributed by atoms with Gasteiger partial charge < -0.3 is 10.6 Å². The Hall–Kier alpha value is -1.88. The van der Waals surface area contributed by atoms with Crippen LogP contribution in [0.1, 0.15) is 25.7 Å². The Kier molecular flexibility index (Phi) is 3.97. The zero-order valence-corrected chi connectivity index (χ0v) is 11.8. The molecule has 1 saturated carbocycles. The Bertz CT molecular complexity index is 583. The second-order valence-electron chi connectivity index (χ2n) is 4.90. The summed E-state index contributed by atoms with van der Waals surface area (Å²) in [7, 11) is 0. The SMILES string of the molecule is Clc1ccccc1Nc1cnnc(NC2CCCC2)n1.